The van der Waals surface area contributed by atoms with Gasteiger partial charge < -0.3 is 4.74 Å². The number of thiophene rings is 1. The Bertz CT molecular complexity index is 426. The maximum Gasteiger partial charge on any atom is 0.0823 e. The Morgan fingerprint density at radius 2 is 2.27 bits per heavy atom. The van der Waals surface area contributed by atoms with Crippen molar-refractivity contribution in [2.75, 3.05) is 19.8 Å². The van der Waals surface area contributed by atoms with Crippen LogP contribution in [0.1, 0.15) is 10.9 Å². The maximum atomic E-state index is 5.45. The number of rotatable bonds is 1. The topological polar surface area (TPSA) is 23.3 Å². The van der Waals surface area contributed by atoms with Crippen LogP contribution in [0, 0.1) is 0 Å². The lowest BCUT2D eigenvalue weighted by Gasteiger charge is -2.20. The molecule has 3 rings (SSSR count). The second-order valence-corrected chi connectivity index (χ2v) is 4.80. The van der Waals surface area contributed by atoms with Crippen LogP contribution in [-0.2, 0) is 4.74 Å². The molecule has 1 saturated heterocycles. The first-order valence-corrected chi connectivity index (χ1v) is 5.98. The highest BCUT2D eigenvalue weighted by Crippen LogP contribution is 2.30. The predicted molar refractivity (Wildman–Crippen MR) is 62.4 cm³/mol. The number of nitrogens with zero attached hydrogens (tertiary/aromatic N) is 1. The predicted octanol–water partition coefficient (Wildman–Crippen LogP) is 2.58. The van der Waals surface area contributed by atoms with Gasteiger partial charge in [-0.25, -0.2) is 5.32 Å². The zero-order valence-corrected chi connectivity index (χ0v) is 9.17. The third-order valence-electron chi connectivity index (χ3n) is 2.63. The third kappa shape index (κ3) is 1.78. The van der Waals surface area contributed by atoms with E-state index in [-0.39, 0.29) is 6.04 Å². The van der Waals surface area contributed by atoms with Crippen molar-refractivity contribution in [2.45, 2.75) is 6.04 Å². The summed E-state index contributed by atoms with van der Waals surface area (Å²) in [6.45, 7) is 2.35. The molecule has 2 nitrogen and oxygen atoms in total. The Morgan fingerprint density at radius 3 is 3.07 bits per heavy atom. The molecule has 77 valence electrons. The average molecular weight is 218 g/mol. The highest BCUT2D eigenvalue weighted by atomic mass is 32.1. The molecule has 0 N–H and O–H groups in total. The molecule has 2 heterocycles. The molecule has 0 amide bonds. The van der Waals surface area contributed by atoms with E-state index in [1.54, 1.807) is 0 Å². The molecule has 1 aromatic carbocycles. The monoisotopic (exact) mass is 218 g/mol. The summed E-state index contributed by atoms with van der Waals surface area (Å²) < 4.78 is 6.79. The summed E-state index contributed by atoms with van der Waals surface area (Å²) in [7, 11) is 0. The van der Waals surface area contributed by atoms with Crippen molar-refractivity contribution < 1.29 is 4.74 Å². The summed E-state index contributed by atoms with van der Waals surface area (Å²) in [4.78, 5) is 1.33. The van der Waals surface area contributed by atoms with E-state index in [1.165, 1.54) is 15.0 Å². The van der Waals surface area contributed by atoms with Gasteiger partial charge in [0.1, 0.15) is 0 Å². The minimum Gasteiger partial charge on any atom is -0.378 e. The largest absolute Gasteiger partial charge is 0.378 e. The average Bonchev–Trinajstić information content (AvgIpc) is 2.74. The lowest BCUT2D eigenvalue weighted by Crippen LogP contribution is -2.28. The Kier molecular flexibility index (Phi) is 2.44. The van der Waals surface area contributed by atoms with Crippen LogP contribution in [0.4, 0.5) is 0 Å². The molecule has 15 heavy (non-hydrogen) atoms. The van der Waals surface area contributed by atoms with Gasteiger partial charge in [-0.3, -0.25) is 0 Å². The van der Waals surface area contributed by atoms with Crippen LogP contribution in [0.25, 0.3) is 10.1 Å². The molecule has 1 aliphatic rings. The van der Waals surface area contributed by atoms with Crippen LogP contribution in [0.15, 0.2) is 30.3 Å². The van der Waals surface area contributed by atoms with Crippen LogP contribution in [0.5, 0.6) is 0 Å². The van der Waals surface area contributed by atoms with E-state index in [2.05, 4.69) is 35.6 Å². The van der Waals surface area contributed by atoms with Gasteiger partial charge in [-0.05, 0) is 17.5 Å². The Balaban J connectivity index is 1.96. The van der Waals surface area contributed by atoms with Gasteiger partial charge in [0, 0.05) is 16.1 Å². The number of morpholine rings is 1. The highest BCUT2D eigenvalue weighted by Gasteiger charge is 2.18. The number of ether oxygens (including phenoxy) is 1. The molecule has 2 aromatic rings. The smallest absolute Gasteiger partial charge is 0.0823 e. The normalized spacial score (nSPS) is 22.0. The summed E-state index contributed by atoms with van der Waals surface area (Å²) in [5, 5.41) is 5.90. The van der Waals surface area contributed by atoms with Crippen LogP contribution in [0.2, 0.25) is 0 Å². The molecule has 1 aromatic heterocycles. The molecule has 0 bridgehead atoms. The Labute approximate surface area is 92.9 Å². The van der Waals surface area contributed by atoms with Crippen molar-refractivity contribution in [1.82, 2.24) is 5.32 Å². The van der Waals surface area contributed by atoms with Crippen LogP contribution in [-0.4, -0.2) is 19.8 Å². The maximum absolute atomic E-state index is 5.45. The van der Waals surface area contributed by atoms with E-state index in [0.717, 1.165) is 19.8 Å². The van der Waals surface area contributed by atoms with Crippen LogP contribution >= 0.6 is 11.3 Å². The molecule has 1 atom stereocenters. The number of hydrogen-bond donors (Lipinski definition) is 0. The van der Waals surface area contributed by atoms with Crippen molar-refractivity contribution in [3.8, 4) is 0 Å². The number of hydrogen-bond acceptors (Lipinski definition) is 2. The van der Waals surface area contributed by atoms with E-state index in [0.29, 0.717) is 0 Å². The van der Waals surface area contributed by atoms with E-state index in [9.17, 15) is 0 Å². The van der Waals surface area contributed by atoms with Crippen LogP contribution in [0.3, 0.4) is 0 Å². The van der Waals surface area contributed by atoms with E-state index in [4.69, 9.17) is 4.74 Å². The molecule has 3 heteroatoms. The second-order valence-electron chi connectivity index (χ2n) is 3.68. The first-order chi connectivity index (χ1) is 7.43. The number of fused-ring (bicyclic) bond motifs is 1. The molecule has 0 saturated carbocycles. The standard InChI is InChI=1S/C12H12NOS/c1-2-4-11-9(3-1)7-12(15-11)10-8-14-6-5-13-10/h1-4,7,10H,5-6,8H2. The molecular formula is C12H12NOS. The first-order valence-electron chi connectivity index (χ1n) is 5.16. The Hall–Kier alpha value is -0.900. The van der Waals surface area contributed by atoms with Crippen molar-refractivity contribution in [3.05, 3.63) is 35.2 Å². The zero-order valence-electron chi connectivity index (χ0n) is 8.35. The fourth-order valence-electron chi connectivity index (χ4n) is 1.86. The molecule has 1 radical (unpaired) electrons. The fourth-order valence-corrected chi connectivity index (χ4v) is 2.97. The first kappa shape index (κ1) is 9.33. The molecular weight excluding hydrogens is 206 g/mol. The van der Waals surface area contributed by atoms with E-state index < -0.39 is 0 Å². The van der Waals surface area contributed by atoms with Gasteiger partial charge >= 0.3 is 0 Å². The van der Waals surface area contributed by atoms with Crippen molar-refractivity contribution >= 4 is 21.4 Å². The summed E-state index contributed by atoms with van der Waals surface area (Å²) in [6, 6.07) is 11.0. The van der Waals surface area contributed by atoms with Gasteiger partial charge in [0.05, 0.1) is 19.3 Å². The molecule has 0 spiro atoms. The lowest BCUT2D eigenvalue weighted by atomic mass is 10.2. The van der Waals surface area contributed by atoms with Crippen molar-refractivity contribution in [3.63, 3.8) is 0 Å². The minimum absolute atomic E-state index is 0.260. The molecule has 0 aliphatic carbocycles. The van der Waals surface area contributed by atoms with Crippen LogP contribution < -0.4 is 5.32 Å². The third-order valence-corrected chi connectivity index (χ3v) is 3.85. The quantitative estimate of drug-likeness (QED) is 0.721. The molecule has 1 aliphatic heterocycles. The van der Waals surface area contributed by atoms with Gasteiger partial charge in [0.15, 0.2) is 0 Å². The summed E-state index contributed by atoms with van der Waals surface area (Å²) in [5.41, 5.74) is 0. The zero-order chi connectivity index (χ0) is 10.1. The summed E-state index contributed by atoms with van der Waals surface area (Å²) >= 11 is 1.83. The fraction of sp³-hybridized carbons (Fsp3) is 0.333. The summed E-state index contributed by atoms with van der Waals surface area (Å²) in [6.07, 6.45) is 0. The lowest BCUT2D eigenvalue weighted by molar-refractivity contribution is 0.0756. The van der Waals surface area contributed by atoms with Crippen molar-refractivity contribution in [1.29, 1.82) is 0 Å². The van der Waals surface area contributed by atoms with Gasteiger partial charge in [-0.2, -0.15) is 0 Å². The van der Waals surface area contributed by atoms with E-state index in [1.807, 2.05) is 11.3 Å². The molecule has 1 fully saturated rings. The number of benzene rings is 1. The van der Waals surface area contributed by atoms with Crippen molar-refractivity contribution in [2.24, 2.45) is 0 Å². The minimum atomic E-state index is 0.260. The summed E-state index contributed by atoms with van der Waals surface area (Å²) in [5.74, 6) is 0. The van der Waals surface area contributed by atoms with Gasteiger partial charge in [-0.1, -0.05) is 18.2 Å². The SMILES string of the molecule is c1ccc2sc(C3COCC[N]3)cc2c1. The van der Waals surface area contributed by atoms with E-state index >= 15 is 0 Å². The van der Waals surface area contributed by atoms with Gasteiger partial charge in [0.25, 0.3) is 0 Å². The van der Waals surface area contributed by atoms with Gasteiger partial charge in [0.2, 0.25) is 0 Å². The molecule has 1 unspecified atom stereocenters. The Morgan fingerprint density at radius 1 is 1.33 bits per heavy atom. The highest BCUT2D eigenvalue weighted by molar-refractivity contribution is 7.19. The van der Waals surface area contributed by atoms with Gasteiger partial charge in [-0.15, -0.1) is 11.3 Å². The second kappa shape index (κ2) is 3.93.